The number of furan rings is 1. The molecule has 0 saturated heterocycles. The number of aromatic hydroxyl groups is 1. The number of nitrogens with zero attached hydrogens (tertiary/aromatic N) is 2. The lowest BCUT2D eigenvalue weighted by Gasteiger charge is -2.15. The molecule has 0 saturated carbocycles. The van der Waals surface area contributed by atoms with E-state index in [1.165, 1.54) is 12.3 Å². The molecule has 5 N–H and O–H groups in total. The minimum atomic E-state index is -0.717. The lowest BCUT2D eigenvalue weighted by atomic mass is 9.97. The van der Waals surface area contributed by atoms with E-state index in [1.807, 2.05) is 0 Å². The average Bonchev–Trinajstić information content (AvgIpc) is 3.29. The van der Waals surface area contributed by atoms with Crippen LogP contribution in [0.15, 0.2) is 65.3 Å². The highest BCUT2D eigenvalue weighted by Crippen LogP contribution is 2.37. The molecule has 1 atom stereocenters. The Morgan fingerprint density at radius 3 is 2.57 bits per heavy atom. The first-order chi connectivity index (χ1) is 17.7. The maximum Gasteiger partial charge on any atom is 0.292 e. The van der Waals surface area contributed by atoms with Crippen molar-refractivity contribution in [1.29, 1.82) is 5.26 Å². The summed E-state index contributed by atoms with van der Waals surface area (Å²) in [6.45, 7) is 3.28. The molecule has 2 heterocycles. The van der Waals surface area contributed by atoms with Crippen molar-refractivity contribution in [3.8, 4) is 34.2 Å². The third-order valence-corrected chi connectivity index (χ3v) is 5.76. The molecule has 2 amide bonds. The van der Waals surface area contributed by atoms with Crippen molar-refractivity contribution in [2.24, 2.45) is 5.73 Å². The van der Waals surface area contributed by atoms with E-state index >= 15 is 0 Å². The van der Waals surface area contributed by atoms with Gasteiger partial charge in [-0.25, -0.2) is 4.98 Å². The number of pyridine rings is 1. The Kier molecular flexibility index (Phi) is 7.25. The normalized spacial score (nSPS) is 11.4. The van der Waals surface area contributed by atoms with Gasteiger partial charge in [-0.1, -0.05) is 23.7 Å². The fourth-order valence-electron chi connectivity index (χ4n) is 3.63. The van der Waals surface area contributed by atoms with Gasteiger partial charge in [0.1, 0.15) is 17.4 Å². The standard InChI is InChI=1S/C27H22ClN5O4/c1-14-8-9-37-24(14)27(36)33-25-21(13-29)20(12-22(32-25)19-7-6-17(28)11-23(19)34)16-4-3-5-18(10-16)31-26(35)15(2)30/h3-12,15,34H,30H2,1-2H3,(H,31,35)(H,32,33,36). The van der Waals surface area contributed by atoms with E-state index in [0.717, 1.165) is 0 Å². The summed E-state index contributed by atoms with van der Waals surface area (Å²) in [5.41, 5.74) is 8.39. The first kappa shape index (κ1) is 25.4. The molecular weight excluding hydrogens is 494 g/mol. The van der Waals surface area contributed by atoms with Gasteiger partial charge in [-0.05, 0) is 61.9 Å². The number of nitriles is 1. The molecule has 10 heteroatoms. The molecule has 4 aromatic rings. The zero-order valence-corrected chi connectivity index (χ0v) is 20.6. The van der Waals surface area contributed by atoms with Gasteiger partial charge in [0.2, 0.25) is 5.91 Å². The summed E-state index contributed by atoms with van der Waals surface area (Å²) in [5, 5.41) is 26.3. The Labute approximate surface area is 217 Å². The van der Waals surface area contributed by atoms with E-state index in [-0.39, 0.29) is 34.5 Å². The van der Waals surface area contributed by atoms with E-state index in [1.54, 1.807) is 62.4 Å². The van der Waals surface area contributed by atoms with Crippen molar-refractivity contribution in [2.45, 2.75) is 19.9 Å². The van der Waals surface area contributed by atoms with Crippen LogP contribution in [0, 0.1) is 18.3 Å². The first-order valence-electron chi connectivity index (χ1n) is 11.1. The second kappa shape index (κ2) is 10.5. The number of anilines is 2. The van der Waals surface area contributed by atoms with Crippen LogP contribution in [0.4, 0.5) is 11.5 Å². The number of halogens is 1. The molecule has 0 bridgehead atoms. The maximum absolute atomic E-state index is 12.9. The van der Waals surface area contributed by atoms with Crippen molar-refractivity contribution < 1.29 is 19.1 Å². The average molecular weight is 516 g/mol. The number of nitrogens with two attached hydrogens (primary N) is 1. The monoisotopic (exact) mass is 515 g/mol. The van der Waals surface area contributed by atoms with Gasteiger partial charge < -0.3 is 25.9 Å². The summed E-state index contributed by atoms with van der Waals surface area (Å²) in [6, 6.07) is 16.0. The number of carbonyl (C=O) groups excluding carboxylic acids is 2. The van der Waals surface area contributed by atoms with Crippen LogP contribution < -0.4 is 16.4 Å². The zero-order valence-electron chi connectivity index (χ0n) is 19.9. The molecule has 9 nitrogen and oxygen atoms in total. The van der Waals surface area contributed by atoms with Gasteiger partial charge >= 0.3 is 0 Å². The van der Waals surface area contributed by atoms with Crippen LogP contribution >= 0.6 is 11.6 Å². The Hall–Kier alpha value is -4.65. The predicted octanol–water partition coefficient (Wildman–Crippen LogP) is 5.09. The Morgan fingerprint density at radius 1 is 1.14 bits per heavy atom. The van der Waals surface area contributed by atoms with E-state index < -0.39 is 11.9 Å². The Balaban J connectivity index is 1.88. The number of rotatable bonds is 6. The summed E-state index contributed by atoms with van der Waals surface area (Å²) >= 11 is 6.00. The molecule has 186 valence electrons. The largest absolute Gasteiger partial charge is 0.507 e. The molecule has 4 rings (SSSR count). The van der Waals surface area contributed by atoms with Gasteiger partial charge in [0, 0.05) is 27.4 Å². The molecule has 0 fully saturated rings. The molecule has 0 aliphatic carbocycles. The highest BCUT2D eigenvalue weighted by atomic mass is 35.5. The molecule has 0 aliphatic heterocycles. The number of amides is 2. The lowest BCUT2D eigenvalue weighted by Crippen LogP contribution is -2.32. The summed E-state index contributed by atoms with van der Waals surface area (Å²) in [4.78, 5) is 29.5. The minimum absolute atomic E-state index is 0.0323. The second-order valence-electron chi connectivity index (χ2n) is 8.30. The third-order valence-electron chi connectivity index (χ3n) is 5.52. The van der Waals surface area contributed by atoms with Gasteiger partial charge in [-0.15, -0.1) is 0 Å². The van der Waals surface area contributed by atoms with Crippen LogP contribution in [0.25, 0.3) is 22.4 Å². The summed E-state index contributed by atoms with van der Waals surface area (Å²) < 4.78 is 5.28. The fraction of sp³-hybridized carbons (Fsp3) is 0.111. The first-order valence-corrected chi connectivity index (χ1v) is 11.5. The fourth-order valence-corrected chi connectivity index (χ4v) is 3.79. The number of aryl methyl sites for hydroxylation is 1. The van der Waals surface area contributed by atoms with Crippen molar-refractivity contribution >= 4 is 34.9 Å². The molecular formula is C27H22ClN5O4. The molecule has 2 aromatic heterocycles. The molecule has 2 aromatic carbocycles. The number of hydrogen-bond donors (Lipinski definition) is 4. The molecule has 0 spiro atoms. The third kappa shape index (κ3) is 5.46. The smallest absolute Gasteiger partial charge is 0.292 e. The van der Waals surface area contributed by atoms with Gasteiger partial charge in [0.05, 0.1) is 18.0 Å². The quantitative estimate of drug-likeness (QED) is 0.279. The highest BCUT2D eigenvalue weighted by Gasteiger charge is 2.21. The summed E-state index contributed by atoms with van der Waals surface area (Å²) in [7, 11) is 0. The number of benzene rings is 2. The van der Waals surface area contributed by atoms with Gasteiger partial charge in [0.25, 0.3) is 5.91 Å². The van der Waals surface area contributed by atoms with Crippen molar-refractivity contribution in [3.05, 3.63) is 82.8 Å². The predicted molar refractivity (Wildman–Crippen MR) is 140 cm³/mol. The van der Waals surface area contributed by atoms with E-state index in [4.69, 9.17) is 21.8 Å². The van der Waals surface area contributed by atoms with E-state index in [0.29, 0.717) is 33.0 Å². The molecule has 37 heavy (non-hydrogen) atoms. The number of phenols is 1. The SMILES string of the molecule is Cc1ccoc1C(=O)Nc1nc(-c2ccc(Cl)cc2O)cc(-c2cccc(NC(=O)C(C)N)c2)c1C#N. The highest BCUT2D eigenvalue weighted by molar-refractivity contribution is 6.30. The van der Waals surface area contributed by atoms with E-state index in [2.05, 4.69) is 21.7 Å². The van der Waals surface area contributed by atoms with Gasteiger partial charge in [-0.3, -0.25) is 9.59 Å². The zero-order chi connectivity index (χ0) is 26.7. The number of hydrogen-bond acceptors (Lipinski definition) is 7. The number of nitrogens with one attached hydrogen (secondary N) is 2. The van der Waals surface area contributed by atoms with Crippen LogP contribution in [0.3, 0.4) is 0 Å². The Morgan fingerprint density at radius 2 is 1.92 bits per heavy atom. The topological polar surface area (TPSA) is 154 Å². The van der Waals surface area contributed by atoms with Crippen molar-refractivity contribution in [1.82, 2.24) is 4.98 Å². The Bertz CT molecular complexity index is 1550. The van der Waals surface area contributed by atoms with Gasteiger partial charge in [-0.2, -0.15) is 5.26 Å². The van der Waals surface area contributed by atoms with E-state index in [9.17, 15) is 20.0 Å². The number of phenolic OH excluding ortho intramolecular Hbond substituents is 1. The van der Waals surface area contributed by atoms with Crippen LogP contribution in [-0.4, -0.2) is 27.9 Å². The van der Waals surface area contributed by atoms with Gasteiger partial charge in [0.15, 0.2) is 11.6 Å². The van der Waals surface area contributed by atoms with Crippen LogP contribution in [-0.2, 0) is 4.79 Å². The number of aromatic nitrogens is 1. The van der Waals surface area contributed by atoms with Crippen molar-refractivity contribution in [2.75, 3.05) is 10.6 Å². The summed E-state index contributed by atoms with van der Waals surface area (Å²) in [5.74, 6) is -1.05. The van der Waals surface area contributed by atoms with Crippen LogP contribution in [0.5, 0.6) is 5.75 Å². The second-order valence-corrected chi connectivity index (χ2v) is 8.73. The minimum Gasteiger partial charge on any atom is -0.507 e. The van der Waals surface area contributed by atoms with Crippen molar-refractivity contribution in [3.63, 3.8) is 0 Å². The maximum atomic E-state index is 12.9. The lowest BCUT2D eigenvalue weighted by molar-refractivity contribution is -0.117. The number of carbonyl (C=O) groups is 2. The summed E-state index contributed by atoms with van der Waals surface area (Å²) in [6.07, 6.45) is 1.39. The molecule has 0 radical (unpaired) electrons. The van der Waals surface area contributed by atoms with Crippen LogP contribution in [0.2, 0.25) is 5.02 Å². The van der Waals surface area contributed by atoms with Crippen LogP contribution in [0.1, 0.15) is 28.6 Å². The molecule has 0 aliphatic rings. The molecule has 1 unspecified atom stereocenters.